The first kappa shape index (κ1) is 7.86. The zero-order valence-electron chi connectivity index (χ0n) is 6.86. The molecule has 4 heteroatoms. The number of carbonyl (C=O) groups is 1. The lowest BCUT2D eigenvalue weighted by Gasteiger charge is -2.46. The molecule has 0 aromatic heterocycles. The Kier molecular flexibility index (Phi) is 1.54. The Labute approximate surface area is 70.8 Å². The molecule has 1 aliphatic heterocycles. The summed E-state index contributed by atoms with van der Waals surface area (Å²) >= 11 is 0. The van der Waals surface area contributed by atoms with Crippen LogP contribution in [0.3, 0.4) is 0 Å². The van der Waals surface area contributed by atoms with E-state index in [1.807, 2.05) is 0 Å². The average Bonchev–Trinajstić information content (AvgIpc) is 2.27. The Hall–Kier alpha value is -0.770. The van der Waals surface area contributed by atoms with Gasteiger partial charge in [0.05, 0.1) is 6.10 Å². The third-order valence-electron chi connectivity index (χ3n) is 3.00. The predicted molar refractivity (Wildman–Crippen MR) is 41.9 cm³/mol. The molecule has 0 unspecified atom stereocenters. The fourth-order valence-corrected chi connectivity index (χ4v) is 2.36. The van der Waals surface area contributed by atoms with Crippen molar-refractivity contribution in [2.45, 2.75) is 25.4 Å². The van der Waals surface area contributed by atoms with Gasteiger partial charge in [0.15, 0.2) is 0 Å². The first-order valence-electron chi connectivity index (χ1n) is 4.27. The van der Waals surface area contributed by atoms with Crippen molar-refractivity contribution in [2.75, 3.05) is 13.1 Å². The third kappa shape index (κ3) is 1.06. The van der Waals surface area contributed by atoms with Crippen molar-refractivity contribution >= 4 is 6.09 Å². The van der Waals surface area contributed by atoms with E-state index in [1.54, 1.807) is 0 Å². The van der Waals surface area contributed by atoms with Crippen LogP contribution in [0.15, 0.2) is 0 Å². The third-order valence-corrected chi connectivity index (χ3v) is 3.00. The summed E-state index contributed by atoms with van der Waals surface area (Å²) < 4.78 is 0. The van der Waals surface area contributed by atoms with Gasteiger partial charge in [-0.05, 0) is 19.3 Å². The summed E-state index contributed by atoms with van der Waals surface area (Å²) in [4.78, 5) is 11.9. The highest BCUT2D eigenvalue weighted by atomic mass is 16.4. The van der Waals surface area contributed by atoms with Crippen molar-refractivity contribution in [1.29, 1.82) is 0 Å². The first-order chi connectivity index (χ1) is 5.61. The number of amides is 1. The zero-order chi connectivity index (χ0) is 8.77. The van der Waals surface area contributed by atoms with Gasteiger partial charge in [0.1, 0.15) is 0 Å². The summed E-state index contributed by atoms with van der Waals surface area (Å²) in [5, 5.41) is 17.9. The molecule has 2 rings (SSSR count). The fourth-order valence-electron chi connectivity index (χ4n) is 2.36. The molecule has 0 radical (unpaired) electrons. The van der Waals surface area contributed by atoms with Gasteiger partial charge in [-0.1, -0.05) is 0 Å². The Balaban J connectivity index is 1.91. The lowest BCUT2D eigenvalue weighted by molar-refractivity contribution is 0.00606. The molecule has 1 spiro atoms. The topological polar surface area (TPSA) is 60.8 Å². The first-order valence-corrected chi connectivity index (χ1v) is 4.27. The second-order valence-corrected chi connectivity index (χ2v) is 4.04. The molecule has 1 amide bonds. The summed E-state index contributed by atoms with van der Waals surface area (Å²) in [5.41, 5.74) is 0.137. The van der Waals surface area contributed by atoms with E-state index in [0.29, 0.717) is 13.1 Å². The van der Waals surface area contributed by atoms with Gasteiger partial charge in [0.25, 0.3) is 0 Å². The van der Waals surface area contributed by atoms with E-state index in [-0.39, 0.29) is 11.5 Å². The molecule has 0 aromatic carbocycles. The summed E-state index contributed by atoms with van der Waals surface area (Å²) in [7, 11) is 0. The number of carboxylic acid groups (broad SMARTS) is 1. The molecule has 1 saturated carbocycles. The zero-order valence-corrected chi connectivity index (χ0v) is 6.86. The molecule has 4 nitrogen and oxygen atoms in total. The fraction of sp³-hybridized carbons (Fsp3) is 0.875. The smallest absolute Gasteiger partial charge is 0.407 e. The van der Waals surface area contributed by atoms with Gasteiger partial charge in [0, 0.05) is 18.5 Å². The predicted octanol–water partition coefficient (Wildman–Crippen LogP) is 0.511. The largest absolute Gasteiger partial charge is 0.465 e. The van der Waals surface area contributed by atoms with Crippen LogP contribution in [0.2, 0.25) is 0 Å². The van der Waals surface area contributed by atoms with Crippen LogP contribution in [0, 0.1) is 5.41 Å². The van der Waals surface area contributed by atoms with Crippen LogP contribution in [-0.2, 0) is 0 Å². The van der Waals surface area contributed by atoms with Crippen LogP contribution >= 0.6 is 0 Å². The highest BCUT2D eigenvalue weighted by Gasteiger charge is 2.49. The van der Waals surface area contributed by atoms with Crippen LogP contribution < -0.4 is 0 Å². The minimum atomic E-state index is -0.831. The summed E-state index contributed by atoms with van der Waals surface area (Å²) in [6, 6.07) is 0. The van der Waals surface area contributed by atoms with Gasteiger partial charge in [-0.25, -0.2) is 4.79 Å². The number of rotatable bonds is 0. The highest BCUT2D eigenvalue weighted by molar-refractivity contribution is 5.66. The highest BCUT2D eigenvalue weighted by Crippen LogP contribution is 2.45. The molecule has 1 heterocycles. The average molecular weight is 171 g/mol. The number of aliphatic hydroxyl groups excluding tert-OH is 1. The van der Waals surface area contributed by atoms with Gasteiger partial charge in [-0.15, -0.1) is 0 Å². The van der Waals surface area contributed by atoms with E-state index in [1.165, 1.54) is 4.90 Å². The van der Waals surface area contributed by atoms with E-state index in [9.17, 15) is 9.90 Å². The summed E-state index contributed by atoms with van der Waals surface area (Å²) in [6.07, 6.45) is 1.59. The minimum Gasteiger partial charge on any atom is -0.465 e. The van der Waals surface area contributed by atoms with Gasteiger partial charge >= 0.3 is 6.09 Å². The molecule has 0 bridgehead atoms. The van der Waals surface area contributed by atoms with E-state index < -0.39 is 6.09 Å². The van der Waals surface area contributed by atoms with Crippen molar-refractivity contribution in [3.8, 4) is 0 Å². The SMILES string of the molecule is O=C(O)N1CC2(CC[C@H](O)C2)C1. The number of nitrogens with zero attached hydrogens (tertiary/aromatic N) is 1. The standard InChI is InChI=1S/C8H13NO3/c10-6-1-2-8(3-6)4-9(5-8)7(11)12/h6,10H,1-5H2,(H,11,12)/t6-/m0/s1. The van der Waals surface area contributed by atoms with Crippen molar-refractivity contribution in [2.24, 2.45) is 5.41 Å². The molecule has 1 atom stereocenters. The molecular formula is C8H13NO3. The lowest BCUT2D eigenvalue weighted by Crippen LogP contribution is -2.57. The maximum Gasteiger partial charge on any atom is 0.407 e. The minimum absolute atomic E-state index is 0.137. The molecular weight excluding hydrogens is 158 g/mol. The Morgan fingerprint density at radius 2 is 2.17 bits per heavy atom. The molecule has 12 heavy (non-hydrogen) atoms. The molecule has 2 aliphatic rings. The van der Waals surface area contributed by atoms with E-state index in [0.717, 1.165) is 19.3 Å². The van der Waals surface area contributed by atoms with Crippen molar-refractivity contribution in [3.05, 3.63) is 0 Å². The molecule has 0 aromatic rings. The molecule has 2 fully saturated rings. The second-order valence-electron chi connectivity index (χ2n) is 4.04. The van der Waals surface area contributed by atoms with Gasteiger partial charge in [-0.2, -0.15) is 0 Å². The number of likely N-dealkylation sites (tertiary alicyclic amines) is 1. The van der Waals surface area contributed by atoms with Crippen LogP contribution in [-0.4, -0.2) is 40.4 Å². The summed E-state index contributed by atoms with van der Waals surface area (Å²) in [6.45, 7) is 1.25. The van der Waals surface area contributed by atoms with E-state index in [2.05, 4.69) is 0 Å². The second kappa shape index (κ2) is 2.36. The number of aliphatic hydroxyl groups is 1. The van der Waals surface area contributed by atoms with Gasteiger partial charge < -0.3 is 15.1 Å². The Morgan fingerprint density at radius 1 is 1.50 bits per heavy atom. The number of hydrogen-bond acceptors (Lipinski definition) is 2. The summed E-state index contributed by atoms with van der Waals surface area (Å²) in [5.74, 6) is 0. The Bertz CT molecular complexity index is 210. The normalized spacial score (nSPS) is 32.1. The van der Waals surface area contributed by atoms with Crippen LogP contribution in [0.4, 0.5) is 4.79 Å². The molecule has 68 valence electrons. The van der Waals surface area contributed by atoms with Gasteiger partial charge in [-0.3, -0.25) is 0 Å². The molecule has 1 saturated heterocycles. The lowest BCUT2D eigenvalue weighted by atomic mass is 9.78. The van der Waals surface area contributed by atoms with Gasteiger partial charge in [0.2, 0.25) is 0 Å². The van der Waals surface area contributed by atoms with Crippen LogP contribution in [0.25, 0.3) is 0 Å². The maximum absolute atomic E-state index is 10.5. The van der Waals surface area contributed by atoms with Crippen LogP contribution in [0.5, 0.6) is 0 Å². The van der Waals surface area contributed by atoms with Crippen molar-refractivity contribution in [3.63, 3.8) is 0 Å². The molecule has 2 N–H and O–H groups in total. The van der Waals surface area contributed by atoms with Crippen molar-refractivity contribution in [1.82, 2.24) is 4.90 Å². The van der Waals surface area contributed by atoms with Crippen LogP contribution in [0.1, 0.15) is 19.3 Å². The maximum atomic E-state index is 10.5. The Morgan fingerprint density at radius 3 is 2.58 bits per heavy atom. The molecule has 1 aliphatic carbocycles. The van der Waals surface area contributed by atoms with E-state index >= 15 is 0 Å². The van der Waals surface area contributed by atoms with E-state index in [4.69, 9.17) is 5.11 Å². The monoisotopic (exact) mass is 171 g/mol. The number of hydrogen-bond donors (Lipinski definition) is 2. The quantitative estimate of drug-likeness (QED) is 0.558. The van der Waals surface area contributed by atoms with Crippen molar-refractivity contribution < 1.29 is 15.0 Å².